The van der Waals surface area contributed by atoms with Gasteiger partial charge in [0, 0.05) is 42.2 Å². The largest absolute Gasteiger partial charge is 0.490 e. The highest BCUT2D eigenvalue weighted by Gasteiger charge is 2.61. The Morgan fingerprint density at radius 3 is 2.25 bits per heavy atom. The topological polar surface area (TPSA) is 120 Å². The average Bonchev–Trinajstić information content (AvgIpc) is 2.88. The molecule has 3 heterocycles. The van der Waals surface area contributed by atoms with E-state index in [9.17, 15) is 36.6 Å². The van der Waals surface area contributed by atoms with Gasteiger partial charge in [-0.05, 0) is 44.0 Å². The zero-order chi connectivity index (χ0) is 29.6. The summed E-state index contributed by atoms with van der Waals surface area (Å²) in [7, 11) is 0. The van der Waals surface area contributed by atoms with Gasteiger partial charge in [0.2, 0.25) is 0 Å². The molecule has 2 bridgehead atoms. The minimum Gasteiger partial charge on any atom is -0.478 e. The first-order chi connectivity index (χ1) is 18.6. The van der Waals surface area contributed by atoms with Crippen molar-refractivity contribution in [2.75, 3.05) is 23.3 Å². The number of carboxylic acids is 2. The minimum absolute atomic E-state index is 0.136. The molecule has 0 amide bonds. The molecular formula is C27H25F5N2O6. The van der Waals surface area contributed by atoms with Crippen LogP contribution in [0.25, 0.3) is 11.0 Å². The van der Waals surface area contributed by atoms with Crippen LogP contribution >= 0.6 is 0 Å². The molecule has 6 rings (SSSR count). The van der Waals surface area contributed by atoms with E-state index >= 15 is 0 Å². The van der Waals surface area contributed by atoms with Gasteiger partial charge in [0.1, 0.15) is 5.58 Å². The number of piperidine rings is 2. The second-order valence-electron chi connectivity index (χ2n) is 9.91. The second kappa shape index (κ2) is 10.4. The fourth-order valence-electron chi connectivity index (χ4n) is 5.02. The highest BCUT2D eigenvalue weighted by atomic mass is 19.4. The lowest BCUT2D eigenvalue weighted by Gasteiger charge is -2.53. The Kier molecular flexibility index (Phi) is 7.52. The highest BCUT2D eigenvalue weighted by molar-refractivity contribution is 5.94. The standard InChI is InChI=1S/C25H24F2N2O4.C2HF3O2/c1-13-7-18(14(2)28-20-6-4-3-5-17(20)24(31)32)23-19(8-13)21(30)10-22(33-23)29-11-15-9-16(12-29)25(15,26)27;3-2(4,5)1(6)7/h3-8,10,14-16,28H,9,11-12H2,1-2H3,(H,31,32);(H,6,7). The van der Waals surface area contributed by atoms with Crippen LogP contribution in [0.15, 0.2) is 51.7 Å². The summed E-state index contributed by atoms with van der Waals surface area (Å²) in [6.45, 7) is 4.03. The minimum atomic E-state index is -5.08. The Morgan fingerprint density at radius 2 is 1.70 bits per heavy atom. The number of hydrogen-bond acceptors (Lipinski definition) is 6. The maximum absolute atomic E-state index is 14.0. The number of nitrogens with one attached hydrogen (secondary N) is 1. The van der Waals surface area contributed by atoms with E-state index in [-0.39, 0.29) is 30.1 Å². The third-order valence-corrected chi connectivity index (χ3v) is 7.08. The van der Waals surface area contributed by atoms with Crippen molar-refractivity contribution in [3.63, 3.8) is 0 Å². The van der Waals surface area contributed by atoms with Crippen LogP contribution in [0.4, 0.5) is 33.5 Å². The third kappa shape index (κ3) is 5.58. The van der Waals surface area contributed by atoms with Crippen molar-refractivity contribution in [3.05, 3.63) is 69.4 Å². The number of nitrogens with zero attached hydrogens (tertiary/aromatic N) is 1. The van der Waals surface area contributed by atoms with Crippen molar-refractivity contribution in [1.82, 2.24) is 0 Å². The van der Waals surface area contributed by atoms with E-state index in [0.29, 0.717) is 34.5 Å². The molecule has 0 radical (unpaired) electrons. The van der Waals surface area contributed by atoms with Crippen LogP contribution in [0.3, 0.4) is 0 Å². The molecule has 3 atom stereocenters. The molecule has 1 saturated carbocycles. The summed E-state index contributed by atoms with van der Waals surface area (Å²) in [4.78, 5) is 35.2. The molecule has 2 aliphatic heterocycles. The van der Waals surface area contributed by atoms with E-state index in [4.69, 9.17) is 14.3 Å². The molecule has 3 unspecified atom stereocenters. The Morgan fingerprint density at radius 1 is 1.10 bits per heavy atom. The number of halogens is 5. The van der Waals surface area contributed by atoms with Gasteiger partial charge in [0.15, 0.2) is 11.3 Å². The molecule has 2 saturated heterocycles. The molecular weight excluding hydrogens is 543 g/mol. The van der Waals surface area contributed by atoms with Crippen molar-refractivity contribution in [2.45, 2.75) is 38.4 Å². The lowest BCUT2D eigenvalue weighted by Crippen LogP contribution is -2.62. The first-order valence-corrected chi connectivity index (χ1v) is 12.2. The summed E-state index contributed by atoms with van der Waals surface area (Å²) in [5, 5.41) is 20.2. The number of rotatable bonds is 5. The van der Waals surface area contributed by atoms with E-state index < -0.39 is 35.9 Å². The van der Waals surface area contributed by atoms with Gasteiger partial charge in [-0.3, -0.25) is 4.79 Å². The molecule has 3 fully saturated rings. The first-order valence-electron chi connectivity index (χ1n) is 12.2. The normalized spacial score (nSPS) is 20.1. The van der Waals surface area contributed by atoms with Gasteiger partial charge in [-0.1, -0.05) is 18.2 Å². The van der Waals surface area contributed by atoms with Crippen LogP contribution < -0.4 is 15.6 Å². The van der Waals surface area contributed by atoms with Gasteiger partial charge in [0.25, 0.3) is 5.92 Å². The van der Waals surface area contributed by atoms with E-state index in [1.165, 1.54) is 12.1 Å². The molecule has 8 nitrogen and oxygen atoms in total. The number of alkyl halides is 5. The molecule has 1 aromatic heterocycles. The Bertz CT molecular complexity index is 1510. The number of fused-ring (bicyclic) bond motifs is 3. The summed E-state index contributed by atoms with van der Waals surface area (Å²) in [5.74, 6) is -7.60. The molecule has 13 heteroatoms. The van der Waals surface area contributed by atoms with Crippen LogP contribution in [0.1, 0.15) is 40.9 Å². The zero-order valence-corrected chi connectivity index (χ0v) is 21.3. The summed E-state index contributed by atoms with van der Waals surface area (Å²) < 4.78 is 65.9. The van der Waals surface area contributed by atoms with Crippen molar-refractivity contribution in [2.24, 2.45) is 11.8 Å². The molecule has 40 heavy (non-hydrogen) atoms. The number of benzene rings is 2. The fraction of sp³-hybridized carbons (Fsp3) is 0.370. The number of carboxylic acid groups (broad SMARTS) is 2. The molecule has 2 aromatic carbocycles. The van der Waals surface area contributed by atoms with Gasteiger partial charge >= 0.3 is 18.1 Å². The number of aryl methyl sites for hydroxylation is 1. The van der Waals surface area contributed by atoms with Crippen LogP contribution in [0, 0.1) is 18.8 Å². The monoisotopic (exact) mass is 568 g/mol. The van der Waals surface area contributed by atoms with Crippen LogP contribution in [0.2, 0.25) is 0 Å². The van der Waals surface area contributed by atoms with Gasteiger partial charge in [-0.2, -0.15) is 13.2 Å². The van der Waals surface area contributed by atoms with Gasteiger partial charge in [0.05, 0.1) is 17.0 Å². The zero-order valence-electron chi connectivity index (χ0n) is 21.3. The molecule has 0 spiro atoms. The predicted octanol–water partition coefficient (Wildman–Crippen LogP) is 5.70. The molecule has 1 aliphatic carbocycles. The molecule has 214 valence electrons. The van der Waals surface area contributed by atoms with E-state index in [2.05, 4.69) is 5.32 Å². The smallest absolute Gasteiger partial charge is 0.478 e. The lowest BCUT2D eigenvalue weighted by atomic mass is 9.67. The van der Waals surface area contributed by atoms with Gasteiger partial charge in [-0.25, -0.2) is 18.4 Å². The Labute approximate surface area is 224 Å². The number of para-hydroxylation sites is 1. The van der Waals surface area contributed by atoms with Crippen molar-refractivity contribution in [3.8, 4) is 0 Å². The number of aliphatic carboxylic acids is 1. The van der Waals surface area contributed by atoms with Gasteiger partial charge in [-0.15, -0.1) is 0 Å². The number of hydrogen-bond donors (Lipinski definition) is 3. The predicted molar refractivity (Wildman–Crippen MR) is 135 cm³/mol. The first kappa shape index (κ1) is 28.8. The van der Waals surface area contributed by atoms with Crippen molar-refractivity contribution in [1.29, 1.82) is 0 Å². The molecule has 3 aliphatic rings. The number of aromatic carboxylic acids is 1. The van der Waals surface area contributed by atoms with Crippen molar-refractivity contribution < 1.29 is 46.2 Å². The Balaban J connectivity index is 0.000000470. The van der Waals surface area contributed by atoms with Crippen LogP contribution in [-0.4, -0.2) is 47.3 Å². The maximum Gasteiger partial charge on any atom is 0.490 e. The van der Waals surface area contributed by atoms with Crippen LogP contribution in [0.5, 0.6) is 0 Å². The van der Waals surface area contributed by atoms with E-state index in [1.807, 2.05) is 19.9 Å². The number of anilines is 2. The summed E-state index contributed by atoms with van der Waals surface area (Å²) in [6, 6.07) is 11.2. The van der Waals surface area contributed by atoms with E-state index in [1.54, 1.807) is 29.2 Å². The SMILES string of the molecule is Cc1cc(C(C)Nc2ccccc2C(=O)O)c2oc(N3CC4CC(C3)C4(F)F)cc(=O)c2c1.O=C(O)C(F)(F)F. The highest BCUT2D eigenvalue weighted by Crippen LogP contribution is 2.53. The quantitative estimate of drug-likeness (QED) is 0.336. The summed E-state index contributed by atoms with van der Waals surface area (Å²) >= 11 is 0. The molecule has 3 N–H and O–H groups in total. The van der Waals surface area contributed by atoms with Gasteiger partial charge < -0.3 is 24.8 Å². The maximum atomic E-state index is 14.0. The number of carbonyl (C=O) groups is 2. The van der Waals surface area contributed by atoms with Crippen LogP contribution in [-0.2, 0) is 4.79 Å². The average molecular weight is 568 g/mol. The summed E-state index contributed by atoms with van der Waals surface area (Å²) in [6.07, 6.45) is -4.59. The fourth-order valence-corrected chi connectivity index (χ4v) is 5.02. The Hall–Kier alpha value is -4.16. The summed E-state index contributed by atoms with van der Waals surface area (Å²) in [5.41, 5.74) is 2.27. The third-order valence-electron chi connectivity index (χ3n) is 7.08. The lowest BCUT2D eigenvalue weighted by molar-refractivity contribution is -0.194. The van der Waals surface area contributed by atoms with E-state index in [0.717, 1.165) is 5.56 Å². The van der Waals surface area contributed by atoms with Crippen molar-refractivity contribution >= 4 is 34.5 Å². The molecule has 3 aromatic rings. The second-order valence-corrected chi connectivity index (χ2v) is 9.91.